The normalized spacial score (nSPS) is 11.8. The summed E-state index contributed by atoms with van der Waals surface area (Å²) in [5.74, 6) is 1.94. The zero-order valence-corrected chi connectivity index (χ0v) is 19.6. The van der Waals surface area contributed by atoms with Crippen LogP contribution in [0.5, 0.6) is 11.5 Å². The predicted molar refractivity (Wildman–Crippen MR) is 135 cm³/mol. The van der Waals surface area contributed by atoms with Gasteiger partial charge in [0.25, 0.3) is 5.56 Å². The highest BCUT2D eigenvalue weighted by atomic mass is 16.5. The molecule has 0 aliphatic rings. The van der Waals surface area contributed by atoms with E-state index in [0.29, 0.717) is 22.5 Å². The van der Waals surface area contributed by atoms with E-state index in [4.69, 9.17) is 14.5 Å². The lowest BCUT2D eigenvalue weighted by Crippen LogP contribution is -2.23. The molecule has 0 unspecified atom stereocenters. The second kappa shape index (κ2) is 8.94. The first kappa shape index (κ1) is 22.3. The number of fused-ring (bicyclic) bond motifs is 1. The first-order chi connectivity index (χ1) is 15.8. The Hall–Kier alpha value is -3.86. The Bertz CT molecular complexity index is 1390. The first-order valence-corrected chi connectivity index (χ1v) is 10.8. The third-order valence-corrected chi connectivity index (χ3v) is 5.59. The number of hydrogen-bond donors (Lipinski definition) is 0. The molecule has 0 saturated heterocycles. The smallest absolute Gasteiger partial charge is 0.266 e. The van der Waals surface area contributed by atoms with Crippen molar-refractivity contribution >= 4 is 23.1 Å². The van der Waals surface area contributed by atoms with Crippen molar-refractivity contribution in [3.63, 3.8) is 0 Å². The Morgan fingerprint density at radius 2 is 1.58 bits per heavy atom. The second-order valence-electron chi connectivity index (χ2n) is 8.90. The Labute approximate surface area is 193 Å². The van der Waals surface area contributed by atoms with Crippen LogP contribution in [0.1, 0.15) is 37.7 Å². The van der Waals surface area contributed by atoms with Crippen molar-refractivity contribution in [2.75, 3.05) is 14.2 Å². The highest BCUT2D eigenvalue weighted by Crippen LogP contribution is 2.25. The molecule has 3 aromatic carbocycles. The van der Waals surface area contributed by atoms with Crippen molar-refractivity contribution in [3.05, 3.63) is 94.0 Å². The van der Waals surface area contributed by atoms with Gasteiger partial charge in [0.05, 0.1) is 30.8 Å². The lowest BCUT2D eigenvalue weighted by Gasteiger charge is -2.20. The fourth-order valence-electron chi connectivity index (χ4n) is 3.70. The molecular formula is C28H28N2O3. The minimum Gasteiger partial charge on any atom is -0.497 e. The predicted octanol–water partition coefficient (Wildman–Crippen LogP) is 5.87. The summed E-state index contributed by atoms with van der Waals surface area (Å²) in [6.45, 7) is 6.46. The standard InChI is InChI=1S/C28H28N2O3/c1-28(2,3)20-9-7-10-21(17-20)30-26(15-12-19-8-6-11-22(16-19)32-4)29-25-14-13-23(33-5)18-24(25)27(30)31/h6-18H,1-5H3/b15-12+. The van der Waals surface area contributed by atoms with Gasteiger partial charge in [-0.2, -0.15) is 0 Å². The van der Waals surface area contributed by atoms with Gasteiger partial charge in [-0.25, -0.2) is 4.98 Å². The molecule has 0 amide bonds. The number of nitrogens with zero attached hydrogens (tertiary/aromatic N) is 2. The van der Waals surface area contributed by atoms with Gasteiger partial charge >= 0.3 is 0 Å². The molecule has 5 nitrogen and oxygen atoms in total. The summed E-state index contributed by atoms with van der Waals surface area (Å²) in [6.07, 6.45) is 3.80. The van der Waals surface area contributed by atoms with Crippen LogP contribution in [0.3, 0.4) is 0 Å². The maximum atomic E-state index is 13.7. The van der Waals surface area contributed by atoms with Gasteiger partial charge in [-0.1, -0.05) is 51.1 Å². The maximum Gasteiger partial charge on any atom is 0.266 e. The van der Waals surface area contributed by atoms with Crippen molar-refractivity contribution in [2.45, 2.75) is 26.2 Å². The summed E-state index contributed by atoms with van der Waals surface area (Å²) in [4.78, 5) is 18.5. The van der Waals surface area contributed by atoms with Gasteiger partial charge in [-0.3, -0.25) is 9.36 Å². The number of aromatic nitrogens is 2. The van der Waals surface area contributed by atoms with Gasteiger partial charge in [0.1, 0.15) is 17.3 Å². The molecule has 0 aliphatic heterocycles. The molecule has 33 heavy (non-hydrogen) atoms. The van der Waals surface area contributed by atoms with E-state index in [-0.39, 0.29) is 11.0 Å². The van der Waals surface area contributed by atoms with Gasteiger partial charge in [-0.15, -0.1) is 0 Å². The number of benzene rings is 3. The van der Waals surface area contributed by atoms with E-state index in [1.807, 2.05) is 60.7 Å². The molecule has 0 spiro atoms. The number of methoxy groups -OCH3 is 2. The third-order valence-electron chi connectivity index (χ3n) is 5.59. The lowest BCUT2D eigenvalue weighted by atomic mass is 9.87. The van der Waals surface area contributed by atoms with Gasteiger partial charge in [0, 0.05) is 0 Å². The van der Waals surface area contributed by atoms with Gasteiger partial charge in [-0.05, 0) is 65.1 Å². The van der Waals surface area contributed by atoms with Crippen molar-refractivity contribution in [3.8, 4) is 17.2 Å². The minimum absolute atomic E-state index is 0.0519. The SMILES string of the molecule is COc1cccc(/C=C/c2nc3ccc(OC)cc3c(=O)n2-c2cccc(C(C)(C)C)c2)c1. The zero-order valence-electron chi connectivity index (χ0n) is 19.6. The van der Waals surface area contributed by atoms with Gasteiger partial charge < -0.3 is 9.47 Å². The molecule has 168 valence electrons. The van der Waals surface area contributed by atoms with Crippen LogP contribution in [0.15, 0.2) is 71.5 Å². The van der Waals surface area contributed by atoms with Crippen molar-refractivity contribution in [1.82, 2.24) is 9.55 Å². The number of hydrogen-bond acceptors (Lipinski definition) is 4. The Morgan fingerprint density at radius 1 is 0.848 bits per heavy atom. The molecular weight excluding hydrogens is 412 g/mol. The largest absolute Gasteiger partial charge is 0.497 e. The summed E-state index contributed by atoms with van der Waals surface area (Å²) < 4.78 is 12.3. The molecule has 0 atom stereocenters. The monoisotopic (exact) mass is 440 g/mol. The fraction of sp³-hybridized carbons (Fsp3) is 0.214. The molecule has 0 radical (unpaired) electrons. The zero-order chi connectivity index (χ0) is 23.6. The maximum absolute atomic E-state index is 13.7. The topological polar surface area (TPSA) is 53.4 Å². The van der Waals surface area contributed by atoms with Crippen LogP contribution in [-0.2, 0) is 5.41 Å². The van der Waals surface area contributed by atoms with Crippen LogP contribution in [0.4, 0.5) is 0 Å². The van der Waals surface area contributed by atoms with E-state index in [1.165, 1.54) is 0 Å². The molecule has 0 bridgehead atoms. The summed E-state index contributed by atoms with van der Waals surface area (Å²) in [5, 5.41) is 0.508. The summed E-state index contributed by atoms with van der Waals surface area (Å²) in [5.41, 5.74) is 3.29. The number of ether oxygens (including phenoxy) is 2. The average molecular weight is 441 g/mol. The second-order valence-corrected chi connectivity index (χ2v) is 8.90. The van der Waals surface area contributed by atoms with Gasteiger partial charge in [0.15, 0.2) is 0 Å². The highest BCUT2D eigenvalue weighted by Gasteiger charge is 2.17. The third kappa shape index (κ3) is 4.67. The molecule has 0 saturated carbocycles. The van der Waals surface area contributed by atoms with E-state index in [9.17, 15) is 4.79 Å². The molecule has 1 aromatic heterocycles. The van der Waals surface area contributed by atoms with E-state index in [2.05, 4.69) is 32.9 Å². The van der Waals surface area contributed by atoms with Crippen LogP contribution < -0.4 is 15.0 Å². The highest BCUT2D eigenvalue weighted by molar-refractivity contribution is 5.81. The Balaban J connectivity index is 1.95. The Kier molecular flexibility index (Phi) is 6.05. The van der Waals surface area contributed by atoms with Crippen LogP contribution >= 0.6 is 0 Å². The van der Waals surface area contributed by atoms with E-state index in [1.54, 1.807) is 24.9 Å². The molecule has 0 N–H and O–H groups in total. The molecule has 0 fully saturated rings. The van der Waals surface area contributed by atoms with E-state index >= 15 is 0 Å². The van der Waals surface area contributed by atoms with Crippen molar-refractivity contribution in [2.24, 2.45) is 0 Å². The average Bonchev–Trinajstić information content (AvgIpc) is 2.82. The molecule has 4 rings (SSSR count). The summed E-state index contributed by atoms with van der Waals surface area (Å²) >= 11 is 0. The molecule has 0 aliphatic carbocycles. The van der Waals surface area contributed by atoms with E-state index < -0.39 is 0 Å². The van der Waals surface area contributed by atoms with Crippen molar-refractivity contribution in [1.29, 1.82) is 0 Å². The summed E-state index contributed by atoms with van der Waals surface area (Å²) in [6, 6.07) is 21.2. The van der Waals surface area contributed by atoms with Crippen LogP contribution in [0, 0.1) is 0 Å². The van der Waals surface area contributed by atoms with Crippen LogP contribution in [0.2, 0.25) is 0 Å². The minimum atomic E-state index is -0.143. The van der Waals surface area contributed by atoms with Crippen molar-refractivity contribution < 1.29 is 9.47 Å². The van der Waals surface area contributed by atoms with Crippen LogP contribution in [0.25, 0.3) is 28.7 Å². The lowest BCUT2D eigenvalue weighted by molar-refractivity contribution is 0.414. The fourth-order valence-corrected chi connectivity index (χ4v) is 3.70. The molecule has 4 aromatic rings. The molecule has 5 heteroatoms. The first-order valence-electron chi connectivity index (χ1n) is 10.8. The number of rotatable bonds is 5. The van der Waals surface area contributed by atoms with Gasteiger partial charge in [0.2, 0.25) is 0 Å². The summed E-state index contributed by atoms with van der Waals surface area (Å²) in [7, 11) is 3.23. The quantitative estimate of drug-likeness (QED) is 0.389. The van der Waals surface area contributed by atoms with Crippen LogP contribution in [-0.4, -0.2) is 23.8 Å². The molecule has 1 heterocycles. The Morgan fingerprint density at radius 3 is 2.30 bits per heavy atom. The van der Waals surface area contributed by atoms with E-state index in [0.717, 1.165) is 22.6 Å².